The molecule has 0 bridgehead atoms. The maximum Gasteiger partial charge on any atom is 0.136 e. The van der Waals surface area contributed by atoms with E-state index >= 15 is 0 Å². The summed E-state index contributed by atoms with van der Waals surface area (Å²) in [6.07, 6.45) is 6.58. The summed E-state index contributed by atoms with van der Waals surface area (Å²) < 4.78 is 6.26. The van der Waals surface area contributed by atoms with Crippen LogP contribution in [0.1, 0.15) is 43.4 Å². The molecule has 0 unspecified atom stereocenters. The number of hydrogen-bond acceptors (Lipinski definition) is 2. The van der Waals surface area contributed by atoms with Crippen LogP contribution in [0, 0.1) is 0 Å². The first-order chi connectivity index (χ1) is 28.0. The van der Waals surface area contributed by atoms with Crippen molar-refractivity contribution in [3.8, 4) is 33.4 Å². The Hall–Kier alpha value is -6.90. The van der Waals surface area contributed by atoms with Crippen molar-refractivity contribution in [2.24, 2.45) is 0 Å². The highest BCUT2D eigenvalue weighted by atomic mass is 16.3. The van der Waals surface area contributed by atoms with Gasteiger partial charge in [0.25, 0.3) is 0 Å². The van der Waals surface area contributed by atoms with Crippen molar-refractivity contribution in [1.82, 2.24) is 0 Å². The summed E-state index contributed by atoms with van der Waals surface area (Å²) in [5.41, 5.74) is 18.3. The number of anilines is 2. The lowest BCUT2D eigenvalue weighted by atomic mass is 9.82. The van der Waals surface area contributed by atoms with Crippen LogP contribution in [0.15, 0.2) is 198 Å². The quantitative estimate of drug-likeness (QED) is 0.169. The van der Waals surface area contributed by atoms with E-state index in [1.54, 1.807) is 0 Å². The smallest absolute Gasteiger partial charge is 0.136 e. The lowest BCUT2D eigenvalue weighted by Gasteiger charge is -2.31. The van der Waals surface area contributed by atoms with Gasteiger partial charge in [0.1, 0.15) is 11.2 Å². The minimum absolute atomic E-state index is 0.0874. The van der Waals surface area contributed by atoms with Crippen LogP contribution in [-0.2, 0) is 5.41 Å². The van der Waals surface area contributed by atoms with Gasteiger partial charge in [-0.05, 0) is 134 Å². The predicted molar refractivity (Wildman–Crippen MR) is 240 cm³/mol. The number of para-hydroxylation sites is 1. The molecule has 1 heterocycles. The molecule has 0 amide bonds. The van der Waals surface area contributed by atoms with Crippen molar-refractivity contribution in [2.45, 2.75) is 32.1 Å². The highest BCUT2D eigenvalue weighted by molar-refractivity contribution is 6.06. The molecule has 0 radical (unpaired) electrons. The molecular weight excluding hydrogens is 691 g/mol. The maximum atomic E-state index is 6.26. The highest BCUT2D eigenvalue weighted by Gasteiger charge is 2.36. The van der Waals surface area contributed by atoms with Gasteiger partial charge in [-0.1, -0.05) is 147 Å². The number of nitrogens with zero attached hydrogens (tertiary/aromatic N) is 1. The number of rotatable bonds is 6. The van der Waals surface area contributed by atoms with Crippen LogP contribution in [0.25, 0.3) is 71.7 Å². The van der Waals surface area contributed by atoms with Gasteiger partial charge < -0.3 is 9.32 Å². The zero-order valence-electron chi connectivity index (χ0n) is 32.2. The first kappa shape index (κ1) is 33.4. The predicted octanol–water partition coefficient (Wildman–Crippen LogP) is 15.3. The fourth-order valence-corrected chi connectivity index (χ4v) is 9.44. The molecule has 0 N–H and O–H groups in total. The first-order valence-corrected chi connectivity index (χ1v) is 20.0. The Labute approximate surface area is 333 Å². The van der Waals surface area contributed by atoms with E-state index in [-0.39, 0.29) is 5.41 Å². The summed E-state index contributed by atoms with van der Waals surface area (Å²) in [5.74, 6) is 0. The van der Waals surface area contributed by atoms with Gasteiger partial charge in [0.2, 0.25) is 0 Å². The first-order valence-electron chi connectivity index (χ1n) is 20.0. The average molecular weight is 732 g/mol. The summed E-state index contributed by atoms with van der Waals surface area (Å²) in [6, 6.07) is 64.2. The van der Waals surface area contributed by atoms with Crippen LogP contribution >= 0.6 is 0 Å². The Morgan fingerprint density at radius 3 is 2.00 bits per heavy atom. The van der Waals surface area contributed by atoms with Crippen LogP contribution < -0.4 is 4.90 Å². The third kappa shape index (κ3) is 5.55. The second-order valence-electron chi connectivity index (χ2n) is 16.0. The second-order valence-corrected chi connectivity index (χ2v) is 16.0. The minimum atomic E-state index is -0.0874. The van der Waals surface area contributed by atoms with Crippen LogP contribution in [-0.4, -0.2) is 0 Å². The number of fused-ring (bicyclic) bond motifs is 7. The molecule has 0 aliphatic heterocycles. The van der Waals surface area contributed by atoms with Crippen molar-refractivity contribution in [2.75, 3.05) is 4.90 Å². The van der Waals surface area contributed by atoms with Crippen LogP contribution in [0.2, 0.25) is 0 Å². The molecule has 57 heavy (non-hydrogen) atoms. The minimum Gasteiger partial charge on any atom is -0.456 e. The molecule has 2 nitrogen and oxygen atoms in total. The molecule has 0 spiro atoms. The molecule has 0 saturated carbocycles. The van der Waals surface area contributed by atoms with Crippen LogP contribution in [0.5, 0.6) is 0 Å². The van der Waals surface area contributed by atoms with E-state index in [9.17, 15) is 0 Å². The van der Waals surface area contributed by atoms with Crippen molar-refractivity contribution < 1.29 is 4.42 Å². The second kappa shape index (κ2) is 13.1. The largest absolute Gasteiger partial charge is 0.456 e. The van der Waals surface area contributed by atoms with E-state index in [2.05, 4.69) is 195 Å². The zero-order valence-corrected chi connectivity index (χ0v) is 32.2. The van der Waals surface area contributed by atoms with E-state index in [1.165, 1.54) is 66.7 Å². The molecule has 2 aliphatic rings. The molecule has 0 atom stereocenters. The van der Waals surface area contributed by atoms with Crippen molar-refractivity contribution >= 4 is 49.7 Å². The van der Waals surface area contributed by atoms with E-state index in [1.807, 2.05) is 12.1 Å². The van der Waals surface area contributed by atoms with Crippen molar-refractivity contribution in [3.63, 3.8) is 0 Å². The van der Waals surface area contributed by atoms with E-state index in [0.717, 1.165) is 51.6 Å². The molecule has 2 aliphatic carbocycles. The summed E-state index contributed by atoms with van der Waals surface area (Å²) in [5, 5.41) is 4.86. The van der Waals surface area contributed by atoms with Gasteiger partial charge in [0, 0.05) is 33.3 Å². The third-order valence-corrected chi connectivity index (χ3v) is 12.4. The molecule has 272 valence electrons. The lowest BCUT2D eigenvalue weighted by Crippen LogP contribution is -2.20. The monoisotopic (exact) mass is 731 g/mol. The van der Waals surface area contributed by atoms with Gasteiger partial charge >= 0.3 is 0 Å². The van der Waals surface area contributed by atoms with Crippen molar-refractivity contribution in [3.05, 3.63) is 210 Å². The Kier molecular flexibility index (Phi) is 7.69. The van der Waals surface area contributed by atoms with Crippen molar-refractivity contribution in [1.29, 1.82) is 0 Å². The number of furan rings is 1. The maximum absolute atomic E-state index is 6.26. The fourth-order valence-electron chi connectivity index (χ4n) is 9.44. The summed E-state index contributed by atoms with van der Waals surface area (Å²) in [6.45, 7) is 4.72. The Morgan fingerprint density at radius 2 is 1.12 bits per heavy atom. The van der Waals surface area contributed by atoms with Gasteiger partial charge in [-0.15, -0.1) is 0 Å². The lowest BCUT2D eigenvalue weighted by molar-refractivity contribution is 0.660. The Bertz CT molecular complexity index is 3100. The number of benzene rings is 8. The van der Waals surface area contributed by atoms with Gasteiger partial charge in [0.05, 0.1) is 0 Å². The summed E-state index contributed by atoms with van der Waals surface area (Å²) in [4.78, 5) is 2.48. The topological polar surface area (TPSA) is 16.4 Å². The molecule has 11 rings (SSSR count). The average Bonchev–Trinajstić information content (AvgIpc) is 3.75. The number of allylic oxidation sites excluding steroid dienone is 4. The molecule has 1 aromatic heterocycles. The van der Waals surface area contributed by atoms with Gasteiger partial charge in [0.15, 0.2) is 0 Å². The normalized spacial score (nSPS) is 14.4. The summed E-state index contributed by atoms with van der Waals surface area (Å²) in [7, 11) is 0. The van der Waals surface area contributed by atoms with Gasteiger partial charge in [-0.25, -0.2) is 0 Å². The van der Waals surface area contributed by atoms with E-state index in [4.69, 9.17) is 4.42 Å². The van der Waals surface area contributed by atoms with E-state index < -0.39 is 0 Å². The van der Waals surface area contributed by atoms with Gasteiger partial charge in [-0.2, -0.15) is 0 Å². The van der Waals surface area contributed by atoms with E-state index in [0.29, 0.717) is 0 Å². The Balaban J connectivity index is 0.979. The van der Waals surface area contributed by atoms with Crippen LogP contribution in [0.4, 0.5) is 11.4 Å². The molecular formula is C55H41NO. The fraction of sp³-hybridized carbons (Fsp3) is 0.0909. The molecule has 2 heteroatoms. The van der Waals surface area contributed by atoms with Crippen LogP contribution in [0.3, 0.4) is 0 Å². The molecule has 0 saturated heterocycles. The SMILES string of the molecule is CC1(C)c2ccccc2-c2ccc(N(C3=CC=C(c4cccc(-c5cccc6ccccc56)c4)CC3)c3ccc(-c4ccc5c(c4)oc4ccccc45)cc3)cc21. The standard InChI is InChI=1S/C55H41NO/c1-55(2)51-19-7-5-16-47(51)48-32-30-44(35-52(48)55)56(43-28-23-37(24-29-43)40-25-31-50-49-17-6-8-20-53(49)57-54(50)34-40)42-26-21-36(22-27-42)39-13-9-14-41(33-39)46-18-10-12-38-11-3-4-15-45(38)46/h3-21,23-26,28-35H,22,27H2,1-2H3. The molecule has 8 aromatic carbocycles. The molecule has 9 aromatic rings. The third-order valence-electron chi connectivity index (χ3n) is 12.4. The zero-order chi connectivity index (χ0) is 38.1. The number of hydrogen-bond donors (Lipinski definition) is 0. The molecule has 0 fully saturated rings. The highest BCUT2D eigenvalue weighted by Crippen LogP contribution is 2.50. The Morgan fingerprint density at radius 1 is 0.439 bits per heavy atom. The van der Waals surface area contributed by atoms with Gasteiger partial charge in [-0.3, -0.25) is 0 Å². The summed E-state index contributed by atoms with van der Waals surface area (Å²) >= 11 is 0.